The first-order valence-electron chi connectivity index (χ1n) is 7.07. The van der Waals surface area contributed by atoms with E-state index >= 15 is 0 Å². The van der Waals surface area contributed by atoms with Crippen LogP contribution in [0.25, 0.3) is 11.5 Å². The summed E-state index contributed by atoms with van der Waals surface area (Å²) in [6.07, 6.45) is 1.66. The van der Waals surface area contributed by atoms with E-state index in [9.17, 15) is 0 Å². The van der Waals surface area contributed by atoms with E-state index in [0.717, 1.165) is 23.8 Å². The van der Waals surface area contributed by atoms with Gasteiger partial charge in [-0.25, -0.2) is 9.98 Å². The van der Waals surface area contributed by atoms with E-state index in [1.807, 2.05) is 50.2 Å². The molecule has 6 heteroatoms. The van der Waals surface area contributed by atoms with Crippen LogP contribution in [0, 0.1) is 6.92 Å². The summed E-state index contributed by atoms with van der Waals surface area (Å²) in [4.78, 5) is 10.9. The monoisotopic (exact) mass is 414 g/mol. The number of nitrogens with one attached hydrogen (secondary N) is 1. The zero-order valence-electron chi connectivity index (χ0n) is 13.5. The second kappa shape index (κ2) is 8.77. The zero-order valence-corrected chi connectivity index (χ0v) is 15.8. The Labute approximate surface area is 148 Å². The van der Waals surface area contributed by atoms with E-state index in [-0.39, 0.29) is 24.0 Å². The van der Waals surface area contributed by atoms with Gasteiger partial charge < -0.3 is 14.6 Å². The molecule has 0 saturated carbocycles. The maximum atomic E-state index is 5.53. The van der Waals surface area contributed by atoms with Crippen LogP contribution in [0.4, 0.5) is 0 Å². The van der Waals surface area contributed by atoms with Crippen molar-refractivity contribution in [2.75, 3.05) is 20.6 Å². The SMILES string of the molecule is CCNC(=NCc1coc(-c2ccc(C)cc2)n1)N(C)C.I. The zero-order chi connectivity index (χ0) is 15.2. The summed E-state index contributed by atoms with van der Waals surface area (Å²) < 4.78 is 5.53. The molecule has 2 rings (SSSR count). The summed E-state index contributed by atoms with van der Waals surface area (Å²) in [5, 5.41) is 3.21. The molecule has 120 valence electrons. The van der Waals surface area contributed by atoms with Crippen LogP contribution < -0.4 is 5.32 Å². The van der Waals surface area contributed by atoms with Crippen LogP contribution in [-0.4, -0.2) is 36.5 Å². The largest absolute Gasteiger partial charge is 0.444 e. The number of guanidine groups is 1. The molecule has 0 bridgehead atoms. The lowest BCUT2D eigenvalue weighted by atomic mass is 10.1. The van der Waals surface area contributed by atoms with Crippen molar-refractivity contribution in [1.29, 1.82) is 0 Å². The first-order chi connectivity index (χ1) is 10.1. The highest BCUT2D eigenvalue weighted by Crippen LogP contribution is 2.19. The first-order valence-corrected chi connectivity index (χ1v) is 7.07. The van der Waals surface area contributed by atoms with Gasteiger partial charge in [-0.15, -0.1) is 24.0 Å². The van der Waals surface area contributed by atoms with Crippen LogP contribution in [0.5, 0.6) is 0 Å². The lowest BCUT2D eigenvalue weighted by molar-refractivity contribution is 0.571. The van der Waals surface area contributed by atoms with Gasteiger partial charge in [0.2, 0.25) is 5.89 Å². The maximum absolute atomic E-state index is 5.53. The fourth-order valence-electron chi connectivity index (χ4n) is 1.88. The second-order valence-electron chi connectivity index (χ2n) is 5.07. The molecule has 1 N–H and O–H groups in total. The van der Waals surface area contributed by atoms with Crippen molar-refractivity contribution in [3.63, 3.8) is 0 Å². The van der Waals surface area contributed by atoms with Crippen LogP contribution in [0.3, 0.4) is 0 Å². The minimum Gasteiger partial charge on any atom is -0.444 e. The molecule has 0 atom stereocenters. The molecule has 0 saturated heterocycles. The smallest absolute Gasteiger partial charge is 0.226 e. The summed E-state index contributed by atoms with van der Waals surface area (Å²) >= 11 is 0. The van der Waals surface area contributed by atoms with Gasteiger partial charge >= 0.3 is 0 Å². The van der Waals surface area contributed by atoms with E-state index in [1.54, 1.807) is 6.26 Å². The molecule has 0 unspecified atom stereocenters. The minimum absolute atomic E-state index is 0. The van der Waals surface area contributed by atoms with E-state index in [4.69, 9.17) is 4.42 Å². The van der Waals surface area contributed by atoms with Gasteiger partial charge in [-0.1, -0.05) is 17.7 Å². The molecular weight excluding hydrogens is 391 g/mol. The van der Waals surface area contributed by atoms with Gasteiger partial charge in [0, 0.05) is 26.2 Å². The number of halogens is 1. The van der Waals surface area contributed by atoms with Crippen molar-refractivity contribution in [2.45, 2.75) is 20.4 Å². The molecule has 0 radical (unpaired) electrons. The third-order valence-corrected chi connectivity index (χ3v) is 3.00. The molecule has 0 spiro atoms. The van der Waals surface area contributed by atoms with Gasteiger partial charge in [-0.05, 0) is 26.0 Å². The van der Waals surface area contributed by atoms with Crippen LogP contribution in [0.2, 0.25) is 0 Å². The number of nitrogens with zero attached hydrogens (tertiary/aromatic N) is 3. The molecule has 2 aromatic rings. The Morgan fingerprint density at radius 2 is 1.95 bits per heavy atom. The third kappa shape index (κ3) is 5.01. The van der Waals surface area contributed by atoms with Crippen LogP contribution in [-0.2, 0) is 6.54 Å². The fourth-order valence-corrected chi connectivity index (χ4v) is 1.88. The lowest BCUT2D eigenvalue weighted by Crippen LogP contribution is -2.36. The normalized spacial score (nSPS) is 11.0. The predicted octanol–water partition coefficient (Wildman–Crippen LogP) is 3.30. The number of benzene rings is 1. The quantitative estimate of drug-likeness (QED) is 0.474. The van der Waals surface area contributed by atoms with Crippen LogP contribution in [0.1, 0.15) is 18.2 Å². The molecule has 1 heterocycles. The molecule has 0 amide bonds. The molecule has 0 aliphatic carbocycles. The van der Waals surface area contributed by atoms with Gasteiger partial charge in [0.15, 0.2) is 5.96 Å². The molecule has 1 aromatic carbocycles. The first kappa shape index (κ1) is 18.5. The van der Waals surface area contributed by atoms with Gasteiger partial charge in [0.1, 0.15) is 12.0 Å². The number of hydrogen-bond acceptors (Lipinski definition) is 3. The fraction of sp³-hybridized carbons (Fsp3) is 0.375. The van der Waals surface area contributed by atoms with Crippen molar-refractivity contribution in [1.82, 2.24) is 15.2 Å². The van der Waals surface area contributed by atoms with Gasteiger partial charge in [0.05, 0.1) is 6.54 Å². The number of aromatic nitrogens is 1. The van der Waals surface area contributed by atoms with Crippen LogP contribution >= 0.6 is 24.0 Å². The van der Waals surface area contributed by atoms with Crippen molar-refractivity contribution in [3.05, 3.63) is 41.8 Å². The second-order valence-corrected chi connectivity index (χ2v) is 5.07. The summed E-state index contributed by atoms with van der Waals surface area (Å²) in [6.45, 7) is 5.44. The average molecular weight is 414 g/mol. The molecule has 0 aliphatic heterocycles. The predicted molar refractivity (Wildman–Crippen MR) is 101 cm³/mol. The number of rotatable bonds is 4. The van der Waals surface area contributed by atoms with E-state index in [0.29, 0.717) is 12.4 Å². The van der Waals surface area contributed by atoms with Crippen molar-refractivity contribution < 1.29 is 4.42 Å². The van der Waals surface area contributed by atoms with E-state index in [1.165, 1.54) is 5.56 Å². The van der Waals surface area contributed by atoms with Crippen LogP contribution in [0.15, 0.2) is 39.9 Å². The number of hydrogen-bond donors (Lipinski definition) is 1. The molecule has 0 aliphatic rings. The van der Waals surface area contributed by atoms with Crippen molar-refractivity contribution >= 4 is 29.9 Å². The Bertz CT molecular complexity index is 605. The Morgan fingerprint density at radius 3 is 2.55 bits per heavy atom. The number of aliphatic imine (C=N–C) groups is 1. The highest BCUT2D eigenvalue weighted by atomic mass is 127. The van der Waals surface area contributed by atoms with E-state index < -0.39 is 0 Å². The van der Waals surface area contributed by atoms with Gasteiger partial charge in [-0.3, -0.25) is 0 Å². The Morgan fingerprint density at radius 1 is 1.27 bits per heavy atom. The van der Waals surface area contributed by atoms with E-state index in [2.05, 4.69) is 22.2 Å². The summed E-state index contributed by atoms with van der Waals surface area (Å²) in [7, 11) is 3.92. The molecule has 0 fully saturated rings. The van der Waals surface area contributed by atoms with Gasteiger partial charge in [-0.2, -0.15) is 0 Å². The van der Waals surface area contributed by atoms with Gasteiger partial charge in [0.25, 0.3) is 0 Å². The molecule has 22 heavy (non-hydrogen) atoms. The third-order valence-electron chi connectivity index (χ3n) is 3.00. The molecule has 5 nitrogen and oxygen atoms in total. The highest BCUT2D eigenvalue weighted by molar-refractivity contribution is 14.0. The highest BCUT2D eigenvalue weighted by Gasteiger charge is 2.07. The average Bonchev–Trinajstić information content (AvgIpc) is 2.92. The number of oxazole rings is 1. The summed E-state index contributed by atoms with van der Waals surface area (Å²) in [6, 6.07) is 8.12. The molecule has 1 aromatic heterocycles. The topological polar surface area (TPSA) is 53.7 Å². The number of aryl methyl sites for hydroxylation is 1. The lowest BCUT2D eigenvalue weighted by Gasteiger charge is -2.15. The Hall–Kier alpha value is -1.57. The van der Waals surface area contributed by atoms with Crippen molar-refractivity contribution in [3.8, 4) is 11.5 Å². The minimum atomic E-state index is 0. The van der Waals surface area contributed by atoms with Crippen molar-refractivity contribution in [2.24, 2.45) is 4.99 Å². The maximum Gasteiger partial charge on any atom is 0.226 e. The molecular formula is C16H23IN4O. The summed E-state index contributed by atoms with van der Waals surface area (Å²) in [5.41, 5.74) is 3.02. The summed E-state index contributed by atoms with van der Waals surface area (Å²) in [5.74, 6) is 1.48. The Balaban J connectivity index is 0.00000242. The Kier molecular flexibility index (Phi) is 7.37. The standard InChI is InChI=1S/C16H22N4O.HI/c1-5-17-16(20(3)4)18-10-14-11-21-15(19-14)13-8-6-12(2)7-9-13;/h6-9,11H,5,10H2,1-4H3,(H,17,18);1H.